The summed E-state index contributed by atoms with van der Waals surface area (Å²) in [4.78, 5) is 9.51. The summed E-state index contributed by atoms with van der Waals surface area (Å²) in [6, 6.07) is 0. The van der Waals surface area contributed by atoms with Crippen LogP contribution in [-0.4, -0.2) is 24.7 Å². The van der Waals surface area contributed by atoms with Crippen molar-refractivity contribution in [2.75, 3.05) is 13.6 Å². The first kappa shape index (κ1) is 5.43. The van der Waals surface area contributed by atoms with Gasteiger partial charge in [0.2, 0.25) is 0 Å². The molecule has 0 aliphatic rings. The number of carboxylic acids is 1. The highest BCUT2D eigenvalue weighted by atomic mass is 16.4. The molecule has 0 aromatic carbocycles. The molecule has 0 spiro atoms. The number of nitrogens with zero attached hydrogens (tertiary/aromatic N) is 1. The third-order valence-corrected chi connectivity index (χ3v) is 0.293. The fraction of sp³-hybridized carbons (Fsp3) is 0.667. The Bertz CT molecular complexity index is 52.8. The highest BCUT2D eigenvalue weighted by Crippen LogP contribution is 1.53. The van der Waals surface area contributed by atoms with E-state index in [2.05, 4.69) is 5.32 Å². The molecule has 0 rings (SSSR count). The molecule has 0 unspecified atom stereocenters. The summed E-state index contributed by atoms with van der Waals surface area (Å²) >= 11 is 0. The first-order valence-corrected chi connectivity index (χ1v) is 1.54. The largest absolute Gasteiger partial charge is 0.480 e. The number of aliphatic carboxylic acids is 1. The standard InChI is InChI=1S/C3H6NO2/c1-4-2-3(5)6/h2H2,1H3,(H,5,6). The molecular formula is C3H6NO2. The van der Waals surface area contributed by atoms with E-state index in [9.17, 15) is 4.79 Å². The maximum absolute atomic E-state index is 9.51. The van der Waals surface area contributed by atoms with Crippen LogP contribution in [0.5, 0.6) is 0 Å². The molecule has 0 aliphatic heterocycles. The van der Waals surface area contributed by atoms with E-state index in [-0.39, 0.29) is 6.54 Å². The van der Waals surface area contributed by atoms with Gasteiger partial charge < -0.3 is 5.11 Å². The molecule has 6 heavy (non-hydrogen) atoms. The van der Waals surface area contributed by atoms with Crippen LogP contribution in [0.25, 0.3) is 0 Å². The third kappa shape index (κ3) is 3.43. The quantitative estimate of drug-likeness (QED) is 0.485. The van der Waals surface area contributed by atoms with Gasteiger partial charge in [-0.1, -0.05) is 0 Å². The zero-order valence-electron chi connectivity index (χ0n) is 3.51. The molecule has 1 radical (unpaired) electrons. The minimum atomic E-state index is -0.877. The fourth-order valence-electron chi connectivity index (χ4n) is 0.135. The summed E-state index contributed by atoms with van der Waals surface area (Å²) in [5.74, 6) is -0.877. The van der Waals surface area contributed by atoms with Crippen molar-refractivity contribution >= 4 is 5.97 Å². The summed E-state index contributed by atoms with van der Waals surface area (Å²) in [6.45, 7) is -0.0833. The van der Waals surface area contributed by atoms with Crippen LogP contribution in [0.3, 0.4) is 0 Å². The maximum Gasteiger partial charge on any atom is 0.319 e. The van der Waals surface area contributed by atoms with E-state index in [4.69, 9.17) is 5.11 Å². The molecule has 3 nitrogen and oxygen atoms in total. The lowest BCUT2D eigenvalue weighted by molar-refractivity contribution is -0.135. The van der Waals surface area contributed by atoms with Crippen molar-refractivity contribution in [3.63, 3.8) is 0 Å². The molecule has 0 aromatic heterocycles. The molecule has 0 aliphatic carbocycles. The minimum Gasteiger partial charge on any atom is -0.480 e. The molecule has 0 aromatic rings. The van der Waals surface area contributed by atoms with Crippen molar-refractivity contribution in [2.45, 2.75) is 0 Å². The smallest absolute Gasteiger partial charge is 0.319 e. The van der Waals surface area contributed by atoms with Gasteiger partial charge in [-0.25, -0.2) is 5.32 Å². The van der Waals surface area contributed by atoms with Crippen LogP contribution < -0.4 is 5.32 Å². The van der Waals surface area contributed by atoms with Crippen LogP contribution in [0.4, 0.5) is 0 Å². The van der Waals surface area contributed by atoms with E-state index < -0.39 is 5.97 Å². The molecule has 0 fully saturated rings. The van der Waals surface area contributed by atoms with Gasteiger partial charge in [0, 0.05) is 7.05 Å². The van der Waals surface area contributed by atoms with Crippen molar-refractivity contribution in [1.29, 1.82) is 0 Å². The summed E-state index contributed by atoms with van der Waals surface area (Å²) in [5, 5.41) is 11.2. The Kier molecular flexibility index (Phi) is 2.40. The maximum atomic E-state index is 9.51. The van der Waals surface area contributed by atoms with Gasteiger partial charge in [-0.2, -0.15) is 0 Å². The Morgan fingerprint density at radius 1 is 2.00 bits per heavy atom. The summed E-state index contributed by atoms with van der Waals surface area (Å²) in [7, 11) is 1.47. The molecule has 3 heteroatoms. The second-order valence-corrected chi connectivity index (χ2v) is 0.868. The van der Waals surface area contributed by atoms with Gasteiger partial charge in [-0.3, -0.25) is 4.79 Å². The Morgan fingerprint density at radius 3 is 2.50 bits per heavy atom. The average Bonchev–Trinajstić information content (AvgIpc) is 1.35. The van der Waals surface area contributed by atoms with Crippen LogP contribution in [0.1, 0.15) is 0 Å². The number of likely N-dealkylation sites (N-methyl/N-ethyl adjacent to an activating group) is 1. The van der Waals surface area contributed by atoms with Gasteiger partial charge in [0.05, 0.1) is 0 Å². The van der Waals surface area contributed by atoms with E-state index in [1.165, 1.54) is 7.05 Å². The first-order chi connectivity index (χ1) is 2.77. The lowest BCUT2D eigenvalue weighted by atomic mass is 10.7. The molecular weight excluding hydrogens is 82.0 g/mol. The van der Waals surface area contributed by atoms with Crippen molar-refractivity contribution < 1.29 is 9.90 Å². The first-order valence-electron chi connectivity index (χ1n) is 1.54. The highest BCUT2D eigenvalue weighted by molar-refractivity contribution is 5.68. The second kappa shape index (κ2) is 2.66. The van der Waals surface area contributed by atoms with Crippen LogP contribution in [-0.2, 0) is 4.79 Å². The van der Waals surface area contributed by atoms with Gasteiger partial charge in [0.15, 0.2) is 0 Å². The molecule has 0 atom stereocenters. The van der Waals surface area contributed by atoms with Crippen LogP contribution in [0.15, 0.2) is 0 Å². The third-order valence-electron chi connectivity index (χ3n) is 0.293. The van der Waals surface area contributed by atoms with E-state index in [0.717, 1.165) is 0 Å². The second-order valence-electron chi connectivity index (χ2n) is 0.868. The Hall–Kier alpha value is -0.570. The molecule has 0 heterocycles. The molecule has 0 bridgehead atoms. The minimum absolute atomic E-state index is 0.0833. The van der Waals surface area contributed by atoms with Crippen LogP contribution in [0.2, 0.25) is 0 Å². The topological polar surface area (TPSA) is 51.4 Å². The number of carbonyl (C=O) groups is 1. The van der Waals surface area contributed by atoms with Crippen molar-refractivity contribution in [3.05, 3.63) is 0 Å². The van der Waals surface area contributed by atoms with E-state index in [1.807, 2.05) is 0 Å². The van der Waals surface area contributed by atoms with Crippen molar-refractivity contribution in [1.82, 2.24) is 5.32 Å². The van der Waals surface area contributed by atoms with Gasteiger partial charge in [0.25, 0.3) is 0 Å². The zero-order valence-corrected chi connectivity index (χ0v) is 3.51. The Labute approximate surface area is 36.0 Å². The van der Waals surface area contributed by atoms with E-state index in [1.54, 1.807) is 0 Å². The van der Waals surface area contributed by atoms with Gasteiger partial charge >= 0.3 is 5.97 Å². The molecule has 0 saturated carbocycles. The number of hydrogen-bond acceptors (Lipinski definition) is 1. The number of hydrogen-bond donors (Lipinski definition) is 1. The Morgan fingerprint density at radius 2 is 2.50 bits per heavy atom. The molecule has 1 N–H and O–H groups in total. The predicted octanol–water partition coefficient (Wildman–Crippen LogP) is -0.695. The molecule has 35 valence electrons. The van der Waals surface area contributed by atoms with Gasteiger partial charge in [-0.05, 0) is 0 Å². The average molecular weight is 88.1 g/mol. The molecule has 0 amide bonds. The lowest BCUT2D eigenvalue weighted by Gasteiger charge is -1.81. The normalized spacial score (nSPS) is 8.17. The SMILES string of the molecule is C[N]CC(=O)O. The number of rotatable bonds is 2. The zero-order chi connectivity index (χ0) is 4.99. The summed E-state index contributed by atoms with van der Waals surface area (Å²) in [5.41, 5.74) is 0. The van der Waals surface area contributed by atoms with Crippen molar-refractivity contribution in [3.8, 4) is 0 Å². The van der Waals surface area contributed by atoms with Gasteiger partial charge in [0.1, 0.15) is 6.54 Å². The fourth-order valence-corrected chi connectivity index (χ4v) is 0.135. The highest BCUT2D eigenvalue weighted by Gasteiger charge is 1.87. The Balaban J connectivity index is 2.83. The lowest BCUT2D eigenvalue weighted by Crippen LogP contribution is -2.10. The van der Waals surface area contributed by atoms with Crippen LogP contribution >= 0.6 is 0 Å². The van der Waals surface area contributed by atoms with Crippen LogP contribution in [0, 0.1) is 0 Å². The van der Waals surface area contributed by atoms with Gasteiger partial charge in [-0.15, -0.1) is 0 Å². The summed E-state index contributed by atoms with van der Waals surface area (Å²) < 4.78 is 0. The van der Waals surface area contributed by atoms with Crippen molar-refractivity contribution in [2.24, 2.45) is 0 Å². The number of carboxylic acid groups (broad SMARTS) is 1. The molecule has 0 saturated heterocycles. The van der Waals surface area contributed by atoms with E-state index >= 15 is 0 Å². The van der Waals surface area contributed by atoms with E-state index in [0.29, 0.717) is 0 Å². The summed E-state index contributed by atoms with van der Waals surface area (Å²) in [6.07, 6.45) is 0. The predicted molar refractivity (Wildman–Crippen MR) is 20.6 cm³/mol. The monoisotopic (exact) mass is 88.0 g/mol.